The topological polar surface area (TPSA) is 42.1 Å². The van der Waals surface area contributed by atoms with Gasteiger partial charge in [-0.3, -0.25) is 9.88 Å². The van der Waals surface area contributed by atoms with Crippen LogP contribution in [-0.4, -0.2) is 34.8 Å². The molecule has 3 rings (SSSR count). The lowest BCUT2D eigenvalue weighted by molar-refractivity contribution is 0.242. The smallest absolute Gasteiger partial charge is 0.0576 e. The van der Waals surface area contributed by atoms with Crippen LogP contribution < -0.4 is 5.73 Å². The Labute approximate surface area is 149 Å². The Bertz CT molecular complexity index is 594. The predicted octanol–water partition coefficient (Wildman–Crippen LogP) is 3.37. The van der Waals surface area contributed by atoms with Crippen molar-refractivity contribution in [2.75, 3.05) is 18.8 Å². The van der Waals surface area contributed by atoms with Gasteiger partial charge in [0.2, 0.25) is 0 Å². The fourth-order valence-electron chi connectivity index (χ4n) is 2.75. The van der Waals surface area contributed by atoms with Crippen LogP contribution in [0, 0.1) is 0 Å². The van der Waals surface area contributed by atoms with Gasteiger partial charge in [-0.15, -0.1) is 24.2 Å². The lowest BCUT2D eigenvalue weighted by Gasteiger charge is -2.28. The normalized spacial score (nSPS) is 15.5. The van der Waals surface area contributed by atoms with Crippen LogP contribution in [0.5, 0.6) is 0 Å². The third kappa shape index (κ3) is 5.50. The molecule has 0 saturated carbocycles. The molecule has 1 aliphatic heterocycles. The minimum absolute atomic E-state index is 0. The van der Waals surface area contributed by atoms with E-state index in [-0.39, 0.29) is 18.4 Å². The summed E-state index contributed by atoms with van der Waals surface area (Å²) >= 11 is 1.85. The molecule has 1 unspecified atom stereocenters. The summed E-state index contributed by atoms with van der Waals surface area (Å²) in [7, 11) is 0. The van der Waals surface area contributed by atoms with Crippen LogP contribution in [0.15, 0.2) is 53.6 Å². The number of pyridine rings is 1. The third-order valence-electron chi connectivity index (χ3n) is 4.08. The highest BCUT2D eigenvalue weighted by Gasteiger charge is 2.17. The van der Waals surface area contributed by atoms with E-state index in [1.54, 1.807) is 0 Å². The first-order valence-electron chi connectivity index (χ1n) is 7.90. The molecule has 2 N–H and O–H groups in total. The number of aromatic nitrogens is 1. The Balaban J connectivity index is 0.00000192. The van der Waals surface area contributed by atoms with Crippen molar-refractivity contribution < 1.29 is 0 Å². The number of hydrogen-bond acceptors (Lipinski definition) is 4. The Morgan fingerprint density at radius 3 is 2.83 bits per heavy atom. The summed E-state index contributed by atoms with van der Waals surface area (Å²) in [5, 5.41) is 0. The van der Waals surface area contributed by atoms with Gasteiger partial charge in [0.25, 0.3) is 0 Å². The van der Waals surface area contributed by atoms with Crippen molar-refractivity contribution in [3.63, 3.8) is 0 Å². The van der Waals surface area contributed by atoms with E-state index >= 15 is 0 Å². The molecule has 0 aliphatic carbocycles. The number of nitrogens with zero attached hydrogens (tertiary/aromatic N) is 2. The van der Waals surface area contributed by atoms with Crippen LogP contribution in [0.2, 0.25) is 0 Å². The molecule has 0 fully saturated rings. The largest absolute Gasteiger partial charge is 0.327 e. The lowest BCUT2D eigenvalue weighted by atomic mass is 10.0. The van der Waals surface area contributed by atoms with E-state index < -0.39 is 0 Å². The van der Waals surface area contributed by atoms with E-state index in [1.165, 1.54) is 16.2 Å². The van der Waals surface area contributed by atoms with E-state index in [4.69, 9.17) is 5.73 Å². The zero-order valence-electron chi connectivity index (χ0n) is 13.2. The standard InChI is InChI=1S/C18H23N3S.ClH/c19-16(14-22-17-6-2-1-3-7-17)9-12-21-11-8-15-5-4-10-20-18(15)13-21;/h1-7,10,16H,8-9,11-14,19H2;1H. The highest BCUT2D eigenvalue weighted by molar-refractivity contribution is 7.99. The second kappa shape index (κ2) is 9.28. The molecule has 5 heteroatoms. The van der Waals surface area contributed by atoms with Gasteiger partial charge in [-0.1, -0.05) is 24.3 Å². The SMILES string of the molecule is Cl.NC(CCN1CCc2cccnc2C1)CSc1ccccc1. The molecule has 0 radical (unpaired) electrons. The number of rotatable bonds is 6. The first-order chi connectivity index (χ1) is 10.8. The summed E-state index contributed by atoms with van der Waals surface area (Å²) in [6, 6.07) is 15.0. The molecule has 2 heterocycles. The zero-order valence-corrected chi connectivity index (χ0v) is 14.9. The number of nitrogens with two attached hydrogens (primary N) is 1. The van der Waals surface area contributed by atoms with Gasteiger partial charge in [0, 0.05) is 42.5 Å². The maximum absolute atomic E-state index is 6.27. The molecular weight excluding hydrogens is 326 g/mol. The summed E-state index contributed by atoms with van der Waals surface area (Å²) < 4.78 is 0. The molecule has 3 nitrogen and oxygen atoms in total. The van der Waals surface area contributed by atoms with Crippen molar-refractivity contribution in [3.05, 3.63) is 59.9 Å². The highest BCUT2D eigenvalue weighted by Crippen LogP contribution is 2.19. The molecule has 0 spiro atoms. The fraction of sp³-hybridized carbons (Fsp3) is 0.389. The molecule has 124 valence electrons. The first kappa shape index (κ1) is 18.3. The average molecular weight is 350 g/mol. The zero-order chi connectivity index (χ0) is 15.2. The summed E-state index contributed by atoms with van der Waals surface area (Å²) in [5.41, 5.74) is 8.91. The van der Waals surface area contributed by atoms with Gasteiger partial charge in [0.15, 0.2) is 0 Å². The number of halogens is 1. The molecular formula is C18H24ClN3S. The van der Waals surface area contributed by atoms with E-state index in [9.17, 15) is 0 Å². The van der Waals surface area contributed by atoms with E-state index in [0.717, 1.165) is 38.2 Å². The van der Waals surface area contributed by atoms with Gasteiger partial charge in [-0.25, -0.2) is 0 Å². The van der Waals surface area contributed by atoms with Crippen LogP contribution in [0.25, 0.3) is 0 Å². The maximum atomic E-state index is 6.27. The van der Waals surface area contributed by atoms with Gasteiger partial charge < -0.3 is 5.73 Å². The molecule has 0 saturated heterocycles. The predicted molar refractivity (Wildman–Crippen MR) is 100 cm³/mol. The molecule has 1 atom stereocenters. The van der Waals surface area contributed by atoms with Crippen LogP contribution in [0.3, 0.4) is 0 Å². The van der Waals surface area contributed by atoms with E-state index in [0.29, 0.717) is 0 Å². The minimum atomic E-state index is 0. The molecule has 1 aliphatic rings. The summed E-state index contributed by atoms with van der Waals surface area (Å²) in [4.78, 5) is 8.27. The number of benzene rings is 1. The quantitative estimate of drug-likeness (QED) is 0.812. The summed E-state index contributed by atoms with van der Waals surface area (Å²) in [5.74, 6) is 0.979. The van der Waals surface area contributed by atoms with Crippen molar-refractivity contribution in [1.82, 2.24) is 9.88 Å². The second-order valence-corrected chi connectivity index (χ2v) is 6.90. The monoisotopic (exact) mass is 349 g/mol. The Morgan fingerprint density at radius 2 is 2.00 bits per heavy atom. The van der Waals surface area contributed by atoms with Crippen LogP contribution >= 0.6 is 24.2 Å². The molecule has 1 aromatic carbocycles. The molecule has 0 amide bonds. The number of fused-ring (bicyclic) bond motifs is 1. The van der Waals surface area contributed by atoms with Crippen molar-refractivity contribution >= 4 is 24.2 Å². The summed E-state index contributed by atoms with van der Waals surface area (Å²) in [6.07, 6.45) is 4.05. The first-order valence-corrected chi connectivity index (χ1v) is 8.88. The molecule has 0 bridgehead atoms. The van der Waals surface area contributed by atoms with Gasteiger partial charge in [0.1, 0.15) is 0 Å². The summed E-state index contributed by atoms with van der Waals surface area (Å²) in [6.45, 7) is 3.15. The Morgan fingerprint density at radius 1 is 1.17 bits per heavy atom. The highest BCUT2D eigenvalue weighted by atomic mass is 35.5. The van der Waals surface area contributed by atoms with Gasteiger partial charge >= 0.3 is 0 Å². The van der Waals surface area contributed by atoms with Crippen molar-refractivity contribution in [2.45, 2.75) is 30.3 Å². The Kier molecular flexibility index (Phi) is 7.37. The van der Waals surface area contributed by atoms with Crippen LogP contribution in [-0.2, 0) is 13.0 Å². The van der Waals surface area contributed by atoms with Crippen LogP contribution in [0.1, 0.15) is 17.7 Å². The third-order valence-corrected chi connectivity index (χ3v) is 5.28. The van der Waals surface area contributed by atoms with E-state index in [1.807, 2.05) is 30.1 Å². The van der Waals surface area contributed by atoms with Gasteiger partial charge in [0.05, 0.1) is 5.69 Å². The maximum Gasteiger partial charge on any atom is 0.0576 e. The molecule has 2 aromatic rings. The fourth-order valence-corrected chi connectivity index (χ4v) is 3.68. The number of hydrogen-bond donors (Lipinski definition) is 1. The van der Waals surface area contributed by atoms with Gasteiger partial charge in [-0.05, 0) is 36.6 Å². The van der Waals surface area contributed by atoms with Crippen molar-refractivity contribution in [1.29, 1.82) is 0 Å². The average Bonchev–Trinajstić information content (AvgIpc) is 2.59. The van der Waals surface area contributed by atoms with Crippen molar-refractivity contribution in [2.24, 2.45) is 5.73 Å². The number of thioether (sulfide) groups is 1. The van der Waals surface area contributed by atoms with Crippen molar-refractivity contribution in [3.8, 4) is 0 Å². The minimum Gasteiger partial charge on any atom is -0.327 e. The molecule has 1 aromatic heterocycles. The van der Waals surface area contributed by atoms with Crippen LogP contribution in [0.4, 0.5) is 0 Å². The lowest BCUT2D eigenvalue weighted by Crippen LogP contribution is -2.35. The Hall–Kier alpha value is -1.07. The van der Waals surface area contributed by atoms with E-state index in [2.05, 4.69) is 40.2 Å². The molecule has 23 heavy (non-hydrogen) atoms. The second-order valence-electron chi connectivity index (χ2n) is 5.81. The van der Waals surface area contributed by atoms with Gasteiger partial charge in [-0.2, -0.15) is 0 Å².